The highest BCUT2D eigenvalue weighted by atomic mass is 79.9. The number of urea groups is 1. The Morgan fingerprint density at radius 2 is 1.63 bits per heavy atom. The molecule has 316 valence electrons. The minimum Gasteiger partial charge on any atom is -0.507 e. The number of amides is 5. The maximum Gasteiger partial charge on any atom is 0.407 e. The largest absolute Gasteiger partial charge is 0.507 e. The summed E-state index contributed by atoms with van der Waals surface area (Å²) in [6, 6.07) is 13.8. The number of rotatable bonds is 13. The zero-order valence-corrected chi connectivity index (χ0v) is 35.4. The molecule has 2 atom stereocenters. The van der Waals surface area contributed by atoms with Crippen LogP contribution in [0, 0.1) is 0 Å². The molecule has 6 rings (SSSR count). The molecule has 0 aliphatic carbocycles. The average Bonchev–Trinajstić information content (AvgIpc) is 3.56. The van der Waals surface area contributed by atoms with Crippen LogP contribution in [-0.2, 0) is 20.7 Å². The summed E-state index contributed by atoms with van der Waals surface area (Å²) in [5.41, 5.74) is 2.45. The molecule has 0 spiro atoms. The number of alkyl carbamates (subject to hydrolysis) is 1. The predicted octanol–water partition coefficient (Wildman–Crippen LogP) is 4.68. The first-order valence-electron chi connectivity index (χ1n) is 20.2. The molecule has 2 fully saturated rings. The van der Waals surface area contributed by atoms with Gasteiger partial charge in [0.25, 0.3) is 0 Å². The van der Waals surface area contributed by atoms with Crippen molar-refractivity contribution >= 4 is 56.6 Å². The van der Waals surface area contributed by atoms with Gasteiger partial charge in [-0.25, -0.2) is 14.4 Å². The number of phenols is 1. The van der Waals surface area contributed by atoms with Crippen LogP contribution in [0.5, 0.6) is 5.75 Å². The maximum atomic E-state index is 14.3. The molecule has 17 heteroatoms. The van der Waals surface area contributed by atoms with Gasteiger partial charge in [-0.1, -0.05) is 18.2 Å². The first-order valence-corrected chi connectivity index (χ1v) is 21.0. The molecule has 59 heavy (non-hydrogen) atoms. The Morgan fingerprint density at radius 1 is 0.915 bits per heavy atom. The van der Waals surface area contributed by atoms with Crippen LogP contribution in [0.25, 0.3) is 11.0 Å². The molecule has 2 aliphatic rings. The van der Waals surface area contributed by atoms with Gasteiger partial charge in [0.1, 0.15) is 23.4 Å². The monoisotopic (exact) mass is 875 g/mol. The van der Waals surface area contributed by atoms with Crippen LogP contribution in [0.4, 0.5) is 15.3 Å². The fourth-order valence-corrected chi connectivity index (χ4v) is 8.02. The minimum absolute atomic E-state index is 0.0341. The number of unbranched alkanes of at least 4 members (excludes halogenated alkanes) is 1. The van der Waals surface area contributed by atoms with Gasteiger partial charge in [-0.15, -0.1) is 0 Å². The van der Waals surface area contributed by atoms with Crippen molar-refractivity contribution in [2.45, 2.75) is 83.0 Å². The van der Waals surface area contributed by atoms with Crippen LogP contribution in [0.2, 0.25) is 0 Å². The molecule has 5 amide bonds. The number of fused-ring (bicyclic) bond motifs is 1. The first-order chi connectivity index (χ1) is 28.3. The highest BCUT2D eigenvalue weighted by Gasteiger charge is 2.33. The van der Waals surface area contributed by atoms with E-state index < -0.39 is 35.7 Å². The van der Waals surface area contributed by atoms with Crippen LogP contribution < -0.4 is 26.5 Å². The minimum atomic E-state index is -1.07. The van der Waals surface area contributed by atoms with Crippen molar-refractivity contribution in [3.63, 3.8) is 0 Å². The van der Waals surface area contributed by atoms with Crippen molar-refractivity contribution in [3.05, 3.63) is 87.5 Å². The van der Waals surface area contributed by atoms with E-state index in [-0.39, 0.29) is 29.8 Å². The summed E-state index contributed by atoms with van der Waals surface area (Å²) in [5.74, 6) is -0.713. The number of piperazine rings is 1. The second-order valence-corrected chi connectivity index (χ2v) is 16.9. The molecule has 2 saturated heterocycles. The molecular weight excluding hydrogens is 822 g/mol. The van der Waals surface area contributed by atoms with Gasteiger partial charge in [-0.3, -0.25) is 19.1 Å². The Balaban J connectivity index is 1.14. The number of nitrogens with zero attached hydrogens (tertiary/aromatic N) is 5. The van der Waals surface area contributed by atoms with E-state index in [1.54, 1.807) is 59.7 Å². The quantitative estimate of drug-likeness (QED) is 0.119. The van der Waals surface area contributed by atoms with Crippen molar-refractivity contribution in [1.29, 1.82) is 0 Å². The summed E-state index contributed by atoms with van der Waals surface area (Å²) in [5, 5.41) is 18.8. The molecular formula is C42H54BrN9O7. The van der Waals surface area contributed by atoms with Crippen LogP contribution in [0.1, 0.15) is 64.5 Å². The molecule has 16 nitrogen and oxygen atoms in total. The number of benzene rings is 2. The van der Waals surface area contributed by atoms with Gasteiger partial charge in [0, 0.05) is 76.4 Å². The van der Waals surface area contributed by atoms with E-state index in [1.807, 2.05) is 36.4 Å². The summed E-state index contributed by atoms with van der Waals surface area (Å²) in [7, 11) is 0. The van der Waals surface area contributed by atoms with E-state index in [2.05, 4.69) is 46.7 Å². The molecule has 2 aliphatic heterocycles. The highest BCUT2D eigenvalue weighted by molar-refractivity contribution is 9.10. The zero-order valence-electron chi connectivity index (χ0n) is 33.8. The molecule has 2 aromatic carbocycles. The third-order valence-electron chi connectivity index (χ3n) is 10.6. The van der Waals surface area contributed by atoms with E-state index in [4.69, 9.17) is 4.74 Å². The SMILES string of the molecule is CC(C)(C)OC(=O)NCCCC[C@H](NC(=O)[C@@H](Cc1ccc(O)c(Br)c1)NC(=O)N1CCC(n2c(=O)[nH]c3ccccc32)CC1)C(=O)N1CCN(c2ccncc2)CC1. The van der Waals surface area contributed by atoms with Gasteiger partial charge < -0.3 is 45.5 Å². The number of nitrogens with one attached hydrogen (secondary N) is 4. The lowest BCUT2D eigenvalue weighted by molar-refractivity contribution is -0.137. The maximum absolute atomic E-state index is 14.3. The normalized spacial score (nSPS) is 16.0. The third-order valence-corrected chi connectivity index (χ3v) is 11.3. The van der Waals surface area contributed by atoms with Crippen molar-refractivity contribution in [2.75, 3.05) is 50.7 Å². The number of aromatic hydroxyl groups is 1. The number of para-hydroxylation sites is 2. The van der Waals surface area contributed by atoms with Crippen molar-refractivity contribution in [1.82, 2.24) is 40.3 Å². The molecule has 0 bridgehead atoms. The lowest BCUT2D eigenvalue weighted by Crippen LogP contribution is -2.59. The zero-order chi connectivity index (χ0) is 42.1. The molecule has 0 unspecified atom stereocenters. The van der Waals surface area contributed by atoms with Gasteiger partial charge in [-0.05, 0) is 111 Å². The Kier molecular flexibility index (Phi) is 14.2. The fourth-order valence-electron chi connectivity index (χ4n) is 7.59. The third kappa shape index (κ3) is 11.5. The first kappa shape index (κ1) is 43.0. The van der Waals surface area contributed by atoms with Gasteiger partial charge in [0.2, 0.25) is 11.8 Å². The molecule has 0 saturated carbocycles. The predicted molar refractivity (Wildman–Crippen MR) is 227 cm³/mol. The number of halogens is 1. The number of aromatic nitrogens is 3. The lowest BCUT2D eigenvalue weighted by Gasteiger charge is -2.38. The number of anilines is 1. The van der Waals surface area contributed by atoms with E-state index >= 15 is 0 Å². The average molecular weight is 877 g/mol. The van der Waals surface area contributed by atoms with Gasteiger partial charge >= 0.3 is 17.8 Å². The van der Waals surface area contributed by atoms with Crippen molar-refractivity contribution < 1.29 is 29.0 Å². The Hall–Kier alpha value is -5.58. The summed E-state index contributed by atoms with van der Waals surface area (Å²) in [6.45, 7) is 8.55. The number of likely N-dealkylation sites (tertiary alicyclic amines) is 1. The Morgan fingerprint density at radius 3 is 2.32 bits per heavy atom. The van der Waals surface area contributed by atoms with E-state index in [0.29, 0.717) is 88.0 Å². The van der Waals surface area contributed by atoms with Crippen molar-refractivity contribution in [3.8, 4) is 5.75 Å². The number of carbonyl (C=O) groups is 4. The number of H-pyrrole nitrogens is 1. The van der Waals surface area contributed by atoms with Crippen LogP contribution in [0.3, 0.4) is 0 Å². The van der Waals surface area contributed by atoms with E-state index in [0.717, 1.165) is 16.7 Å². The molecule has 4 heterocycles. The summed E-state index contributed by atoms with van der Waals surface area (Å²) in [4.78, 5) is 80.1. The topological polar surface area (TPSA) is 194 Å². The van der Waals surface area contributed by atoms with Gasteiger partial charge in [-0.2, -0.15) is 0 Å². The fraction of sp³-hybridized carbons (Fsp3) is 0.476. The van der Waals surface area contributed by atoms with Crippen LogP contribution in [0.15, 0.2) is 76.3 Å². The van der Waals surface area contributed by atoms with E-state index in [1.165, 1.54) is 6.07 Å². The lowest BCUT2D eigenvalue weighted by atomic mass is 10.0. The van der Waals surface area contributed by atoms with Crippen LogP contribution in [-0.4, -0.2) is 117 Å². The number of aromatic amines is 1. The van der Waals surface area contributed by atoms with Gasteiger partial charge in [0.05, 0.1) is 15.5 Å². The summed E-state index contributed by atoms with van der Waals surface area (Å²) in [6.07, 6.45) is 5.48. The molecule has 4 aromatic rings. The number of carbonyl (C=O) groups excluding carboxylic acids is 4. The number of hydrogen-bond donors (Lipinski definition) is 5. The van der Waals surface area contributed by atoms with Crippen molar-refractivity contribution in [2.24, 2.45) is 0 Å². The second kappa shape index (κ2) is 19.4. The summed E-state index contributed by atoms with van der Waals surface area (Å²) < 4.78 is 7.53. The van der Waals surface area contributed by atoms with E-state index in [9.17, 15) is 29.1 Å². The number of hydrogen-bond acceptors (Lipinski definition) is 9. The van der Waals surface area contributed by atoms with Crippen LogP contribution >= 0.6 is 15.9 Å². The number of ether oxygens (including phenoxy) is 1. The standard InChI is InChI=1S/C42H54BrN9O7/c1-42(2,3)59-41(58)45-17-7-6-9-33(38(55)50-24-22-49(23-25-50)29-13-18-44-19-14-29)46-37(54)34(27-28-11-12-36(53)31(43)26-28)48-39(56)51-20-15-30(16-21-51)52-35-10-5-4-8-32(35)47-40(52)57/h4-5,8,10-14,18-19,26,30,33-34,53H,6-7,9,15-17,20-25,27H2,1-3H3,(H,45,58)(H,46,54)(H,47,57)(H,48,56)/t33-,34+/m0/s1. The molecule has 5 N–H and O–H groups in total. The Bertz CT molecular complexity index is 2140. The molecule has 2 aromatic heterocycles. The highest BCUT2D eigenvalue weighted by Crippen LogP contribution is 2.27. The summed E-state index contributed by atoms with van der Waals surface area (Å²) >= 11 is 3.35. The number of phenolic OH excluding ortho intramolecular Hbond substituents is 1. The second-order valence-electron chi connectivity index (χ2n) is 16.0. The molecule has 0 radical (unpaired) electrons. The van der Waals surface area contributed by atoms with Gasteiger partial charge in [0.15, 0.2) is 0 Å². The Labute approximate surface area is 351 Å². The number of piperidine rings is 1. The number of pyridine rings is 1. The smallest absolute Gasteiger partial charge is 0.407 e. The number of imidazole rings is 1.